The molecule has 0 atom stereocenters. The van der Waals surface area contributed by atoms with Crippen LogP contribution in [-0.2, 0) is 0 Å². The molecular weight excluding hydrogens is 144 g/mol. The molecule has 0 amide bonds. The number of aromatic nitrogens is 1. The zero-order valence-electron chi connectivity index (χ0n) is 5.73. The van der Waals surface area contributed by atoms with Crippen molar-refractivity contribution in [2.24, 2.45) is 10.9 Å². The number of hydroxylamine groups is 1. The summed E-state index contributed by atoms with van der Waals surface area (Å²) in [7, 11) is 0. The predicted molar refractivity (Wildman–Crippen MR) is 39.9 cm³/mol. The van der Waals surface area contributed by atoms with E-state index in [0.717, 1.165) is 0 Å². The number of amidine groups is 1. The summed E-state index contributed by atoms with van der Waals surface area (Å²) in [6, 6.07) is 5.20. The molecule has 1 heterocycles. The third-order valence-electron chi connectivity index (χ3n) is 1.14. The molecule has 0 aromatic carbocycles. The van der Waals surface area contributed by atoms with Crippen LogP contribution in [-0.4, -0.2) is 16.0 Å². The van der Waals surface area contributed by atoms with E-state index in [0.29, 0.717) is 5.69 Å². The molecule has 1 rings (SSSR count). The summed E-state index contributed by atoms with van der Waals surface area (Å²) < 4.78 is 0. The fourth-order valence-electron chi connectivity index (χ4n) is 0.655. The van der Waals surface area contributed by atoms with Crippen molar-refractivity contribution >= 4 is 5.84 Å². The van der Waals surface area contributed by atoms with Crippen molar-refractivity contribution in [3.05, 3.63) is 30.1 Å². The second kappa shape index (κ2) is 3.52. The van der Waals surface area contributed by atoms with Gasteiger partial charge in [0.2, 0.25) is 0 Å². The molecule has 4 N–H and O–H groups in total. The molecule has 0 aliphatic carbocycles. The number of hydrogen-bond donors (Lipinski definition) is 3. The molecule has 0 aliphatic heterocycles. The van der Waals surface area contributed by atoms with Crippen molar-refractivity contribution in [3.8, 4) is 0 Å². The smallest absolute Gasteiger partial charge is 0.194 e. The number of pyridine rings is 1. The molecule has 0 saturated carbocycles. The summed E-state index contributed by atoms with van der Waals surface area (Å²) in [6.45, 7) is 0. The molecule has 5 heteroatoms. The SMILES string of the molecule is N/N=C(/NO)c1ccccn1. The number of rotatable bonds is 1. The molecule has 5 nitrogen and oxygen atoms in total. The average Bonchev–Trinajstić information content (AvgIpc) is 2.09. The van der Waals surface area contributed by atoms with E-state index in [1.807, 2.05) is 5.48 Å². The lowest BCUT2D eigenvalue weighted by Crippen LogP contribution is -2.22. The highest BCUT2D eigenvalue weighted by molar-refractivity contribution is 5.95. The molecule has 0 radical (unpaired) electrons. The van der Waals surface area contributed by atoms with Gasteiger partial charge in [0.15, 0.2) is 5.84 Å². The molecule has 0 aliphatic rings. The highest BCUT2D eigenvalue weighted by Gasteiger charge is 1.99. The second-order valence-electron chi connectivity index (χ2n) is 1.80. The first-order valence-corrected chi connectivity index (χ1v) is 2.98. The average molecular weight is 152 g/mol. The van der Waals surface area contributed by atoms with E-state index in [1.54, 1.807) is 24.4 Å². The van der Waals surface area contributed by atoms with Crippen LogP contribution in [0, 0.1) is 0 Å². The Labute approximate surface area is 63.5 Å². The van der Waals surface area contributed by atoms with Crippen molar-refractivity contribution in [2.45, 2.75) is 0 Å². The maximum atomic E-state index is 8.48. The number of hydrogen-bond acceptors (Lipinski definition) is 4. The minimum absolute atomic E-state index is 0.144. The maximum Gasteiger partial charge on any atom is 0.194 e. The lowest BCUT2D eigenvalue weighted by atomic mass is 10.3. The summed E-state index contributed by atoms with van der Waals surface area (Å²) in [4.78, 5) is 3.89. The van der Waals surface area contributed by atoms with E-state index in [9.17, 15) is 0 Å². The van der Waals surface area contributed by atoms with E-state index in [-0.39, 0.29) is 5.84 Å². The van der Waals surface area contributed by atoms with Crippen LogP contribution >= 0.6 is 0 Å². The van der Waals surface area contributed by atoms with Crippen LogP contribution in [0.2, 0.25) is 0 Å². The van der Waals surface area contributed by atoms with Crippen LogP contribution in [0.15, 0.2) is 29.5 Å². The van der Waals surface area contributed by atoms with E-state index in [1.165, 1.54) is 0 Å². The van der Waals surface area contributed by atoms with Crippen molar-refractivity contribution < 1.29 is 5.21 Å². The van der Waals surface area contributed by atoms with Gasteiger partial charge < -0.3 is 5.84 Å². The van der Waals surface area contributed by atoms with Crippen LogP contribution in [0.3, 0.4) is 0 Å². The minimum atomic E-state index is 0.144. The van der Waals surface area contributed by atoms with Gasteiger partial charge in [0.1, 0.15) is 5.69 Å². The van der Waals surface area contributed by atoms with Gasteiger partial charge in [0.05, 0.1) is 0 Å². The van der Waals surface area contributed by atoms with Crippen LogP contribution in [0.5, 0.6) is 0 Å². The van der Waals surface area contributed by atoms with Gasteiger partial charge in [-0.1, -0.05) is 6.07 Å². The Morgan fingerprint density at radius 1 is 1.64 bits per heavy atom. The fraction of sp³-hybridized carbons (Fsp3) is 0. The van der Waals surface area contributed by atoms with E-state index in [2.05, 4.69) is 10.1 Å². The van der Waals surface area contributed by atoms with E-state index < -0.39 is 0 Å². The third kappa shape index (κ3) is 1.65. The van der Waals surface area contributed by atoms with E-state index in [4.69, 9.17) is 11.0 Å². The molecule has 0 unspecified atom stereocenters. The normalized spacial score (nSPS) is 11.2. The van der Waals surface area contributed by atoms with Gasteiger partial charge in [-0.2, -0.15) is 5.10 Å². The largest absolute Gasteiger partial charge is 0.321 e. The topological polar surface area (TPSA) is 83.5 Å². The number of nitrogens with zero attached hydrogens (tertiary/aromatic N) is 2. The Bertz CT molecular complexity index is 246. The zero-order valence-corrected chi connectivity index (χ0v) is 5.73. The quantitative estimate of drug-likeness (QED) is 0.223. The van der Waals surface area contributed by atoms with Gasteiger partial charge in [-0.15, -0.1) is 0 Å². The van der Waals surface area contributed by atoms with Gasteiger partial charge in [-0.3, -0.25) is 10.2 Å². The standard InChI is InChI=1S/C6H8N4O/c7-9-6(10-11)5-3-1-2-4-8-5/h1-4,11H,7H2,(H,9,10). The lowest BCUT2D eigenvalue weighted by Gasteiger charge is -1.99. The van der Waals surface area contributed by atoms with Crippen molar-refractivity contribution in [3.63, 3.8) is 0 Å². The molecule has 0 spiro atoms. The predicted octanol–water partition coefficient (Wildman–Crippen LogP) is -0.319. The third-order valence-corrected chi connectivity index (χ3v) is 1.14. The molecule has 58 valence electrons. The van der Waals surface area contributed by atoms with Crippen LogP contribution < -0.4 is 11.3 Å². The number of hydrazone groups is 1. The van der Waals surface area contributed by atoms with Gasteiger partial charge in [-0.05, 0) is 12.1 Å². The number of nitrogens with one attached hydrogen (secondary N) is 1. The van der Waals surface area contributed by atoms with E-state index >= 15 is 0 Å². The molecule has 0 fully saturated rings. The zero-order chi connectivity index (χ0) is 8.10. The fourth-order valence-corrected chi connectivity index (χ4v) is 0.655. The number of nitrogens with two attached hydrogens (primary N) is 1. The molecular formula is C6H8N4O. The van der Waals surface area contributed by atoms with Crippen molar-refractivity contribution in [2.75, 3.05) is 0 Å². The highest BCUT2D eigenvalue weighted by atomic mass is 16.5. The molecule has 0 bridgehead atoms. The first-order chi connectivity index (χ1) is 5.38. The first kappa shape index (κ1) is 7.49. The maximum absolute atomic E-state index is 8.48. The van der Waals surface area contributed by atoms with Crippen LogP contribution in [0.4, 0.5) is 0 Å². The molecule has 1 aromatic heterocycles. The van der Waals surface area contributed by atoms with Gasteiger partial charge >= 0.3 is 0 Å². The monoisotopic (exact) mass is 152 g/mol. The van der Waals surface area contributed by atoms with Crippen molar-refractivity contribution in [1.29, 1.82) is 0 Å². The molecule has 11 heavy (non-hydrogen) atoms. The lowest BCUT2D eigenvalue weighted by molar-refractivity contribution is 0.234. The Morgan fingerprint density at radius 3 is 2.91 bits per heavy atom. The second-order valence-corrected chi connectivity index (χ2v) is 1.80. The summed E-state index contributed by atoms with van der Waals surface area (Å²) in [5.74, 6) is 5.08. The van der Waals surface area contributed by atoms with Crippen LogP contribution in [0.1, 0.15) is 5.69 Å². The summed E-state index contributed by atoms with van der Waals surface area (Å²) >= 11 is 0. The summed E-state index contributed by atoms with van der Waals surface area (Å²) in [5.41, 5.74) is 2.33. The highest BCUT2D eigenvalue weighted by Crippen LogP contribution is 1.91. The van der Waals surface area contributed by atoms with Gasteiger partial charge in [0, 0.05) is 6.20 Å². The molecule has 1 aromatic rings. The Balaban J connectivity index is 2.92. The van der Waals surface area contributed by atoms with Crippen molar-refractivity contribution in [1.82, 2.24) is 10.5 Å². The van der Waals surface area contributed by atoms with Crippen LogP contribution in [0.25, 0.3) is 0 Å². The Hall–Kier alpha value is -1.62. The van der Waals surface area contributed by atoms with Gasteiger partial charge in [-0.25, -0.2) is 5.48 Å². The first-order valence-electron chi connectivity index (χ1n) is 2.98. The summed E-state index contributed by atoms with van der Waals surface area (Å²) in [5, 5.41) is 11.7. The molecule has 0 saturated heterocycles. The Morgan fingerprint density at radius 2 is 2.45 bits per heavy atom. The van der Waals surface area contributed by atoms with Gasteiger partial charge in [0.25, 0.3) is 0 Å². The minimum Gasteiger partial charge on any atom is -0.321 e. The Kier molecular flexibility index (Phi) is 2.40. The summed E-state index contributed by atoms with van der Waals surface area (Å²) in [6.07, 6.45) is 1.58.